The second-order valence-corrected chi connectivity index (χ2v) is 11.6. The molecule has 0 aliphatic rings. The van der Waals surface area contributed by atoms with Gasteiger partial charge in [0.25, 0.3) is 0 Å². The van der Waals surface area contributed by atoms with Crippen molar-refractivity contribution in [2.24, 2.45) is 0 Å². The van der Waals surface area contributed by atoms with E-state index < -0.39 is 0 Å². The van der Waals surface area contributed by atoms with Crippen molar-refractivity contribution in [1.82, 2.24) is 29.1 Å². The van der Waals surface area contributed by atoms with Crippen LogP contribution in [0, 0.1) is 0 Å². The first-order valence-electron chi connectivity index (χ1n) is 15.3. The van der Waals surface area contributed by atoms with Crippen molar-refractivity contribution >= 4 is 65.4 Å². The highest BCUT2D eigenvalue weighted by Crippen LogP contribution is 2.37. The number of benzene rings is 6. The number of rotatable bonds is 3. The molecular formula is C40H24N6. The van der Waals surface area contributed by atoms with Gasteiger partial charge in [0.1, 0.15) is 0 Å². The van der Waals surface area contributed by atoms with Crippen molar-refractivity contribution in [2.75, 3.05) is 0 Å². The van der Waals surface area contributed by atoms with Gasteiger partial charge >= 0.3 is 0 Å². The first kappa shape index (κ1) is 25.0. The molecule has 0 radical (unpaired) electrons. The zero-order chi connectivity index (χ0) is 30.2. The number of para-hydroxylation sites is 4. The van der Waals surface area contributed by atoms with Crippen molar-refractivity contribution in [2.45, 2.75) is 0 Å². The van der Waals surface area contributed by atoms with E-state index in [0.717, 1.165) is 65.8 Å². The second kappa shape index (κ2) is 9.55. The minimum Gasteiger partial charge on any atom is -0.278 e. The smallest absolute Gasteiger partial charge is 0.235 e. The molecule has 0 aliphatic carbocycles. The Morgan fingerprint density at radius 3 is 1.28 bits per heavy atom. The summed E-state index contributed by atoms with van der Waals surface area (Å²) in [6.45, 7) is 0. The van der Waals surface area contributed by atoms with E-state index in [-0.39, 0.29) is 0 Å². The molecule has 0 aliphatic heterocycles. The number of aromatic nitrogens is 6. The van der Waals surface area contributed by atoms with Gasteiger partial charge < -0.3 is 0 Å². The van der Waals surface area contributed by atoms with E-state index in [1.54, 1.807) is 0 Å². The van der Waals surface area contributed by atoms with Gasteiger partial charge in [-0.05, 0) is 59.7 Å². The van der Waals surface area contributed by atoms with Crippen LogP contribution in [0.5, 0.6) is 0 Å². The molecular weight excluding hydrogens is 564 g/mol. The number of nitrogens with zero attached hydrogens (tertiary/aromatic N) is 6. The Hall–Kier alpha value is -6.40. The Bertz CT molecular complexity index is 2630. The van der Waals surface area contributed by atoms with Gasteiger partial charge in [0.05, 0.1) is 33.1 Å². The van der Waals surface area contributed by atoms with E-state index in [1.807, 2.05) is 60.9 Å². The Labute approximate surface area is 262 Å². The minimum atomic E-state index is 0.669. The van der Waals surface area contributed by atoms with E-state index in [1.165, 1.54) is 10.8 Å². The first-order chi connectivity index (χ1) is 22.8. The third-order valence-electron chi connectivity index (χ3n) is 9.03. The summed E-state index contributed by atoms with van der Waals surface area (Å²) in [5, 5.41) is 6.72. The van der Waals surface area contributed by atoms with Gasteiger partial charge in [-0.25, -0.2) is 19.9 Å². The van der Waals surface area contributed by atoms with E-state index >= 15 is 0 Å². The van der Waals surface area contributed by atoms with Crippen molar-refractivity contribution in [3.63, 3.8) is 0 Å². The highest BCUT2D eigenvalue weighted by Gasteiger charge is 2.18. The average molecular weight is 589 g/mol. The third-order valence-corrected chi connectivity index (χ3v) is 9.03. The van der Waals surface area contributed by atoms with E-state index in [9.17, 15) is 0 Å². The van der Waals surface area contributed by atoms with Crippen molar-refractivity contribution < 1.29 is 0 Å². The fraction of sp³-hybridized carbons (Fsp3) is 0. The monoisotopic (exact) mass is 588 g/mol. The molecule has 0 amide bonds. The maximum Gasteiger partial charge on any atom is 0.235 e. The van der Waals surface area contributed by atoms with E-state index in [2.05, 4.69) is 94.1 Å². The second-order valence-electron chi connectivity index (χ2n) is 11.6. The van der Waals surface area contributed by atoms with Gasteiger partial charge in [0.15, 0.2) is 0 Å². The summed E-state index contributed by atoms with van der Waals surface area (Å²) >= 11 is 0. The predicted molar refractivity (Wildman–Crippen MR) is 187 cm³/mol. The average Bonchev–Trinajstić information content (AvgIpc) is 3.63. The van der Waals surface area contributed by atoms with Crippen LogP contribution in [0.15, 0.2) is 146 Å². The zero-order valence-corrected chi connectivity index (χ0v) is 24.5. The van der Waals surface area contributed by atoms with Crippen LogP contribution in [0.1, 0.15) is 0 Å². The van der Waals surface area contributed by atoms with Crippen LogP contribution < -0.4 is 0 Å². The van der Waals surface area contributed by atoms with Crippen LogP contribution in [0.2, 0.25) is 0 Å². The third kappa shape index (κ3) is 3.64. The molecule has 0 unspecified atom stereocenters. The molecule has 10 rings (SSSR count). The predicted octanol–water partition coefficient (Wildman–Crippen LogP) is 9.43. The summed E-state index contributed by atoms with van der Waals surface area (Å²) in [6.07, 6.45) is 3.81. The molecule has 0 atom stereocenters. The van der Waals surface area contributed by atoms with Crippen molar-refractivity contribution in [3.8, 4) is 23.0 Å². The Kier molecular flexibility index (Phi) is 5.19. The lowest BCUT2D eigenvalue weighted by Gasteiger charge is -2.08. The molecule has 0 bridgehead atoms. The molecule has 6 nitrogen and oxygen atoms in total. The summed E-state index contributed by atoms with van der Waals surface area (Å²) in [5.41, 5.74) is 8.47. The molecule has 0 N–H and O–H groups in total. The van der Waals surface area contributed by atoms with Crippen LogP contribution in [-0.4, -0.2) is 29.1 Å². The molecule has 6 aromatic carbocycles. The number of fused-ring (bicyclic) bond motifs is 8. The summed E-state index contributed by atoms with van der Waals surface area (Å²) in [7, 11) is 0. The molecule has 214 valence electrons. The summed E-state index contributed by atoms with van der Waals surface area (Å²) in [5.74, 6) is 1.34. The van der Waals surface area contributed by atoms with Gasteiger partial charge in [0, 0.05) is 44.7 Å². The highest BCUT2D eigenvalue weighted by atomic mass is 15.2. The molecule has 6 heteroatoms. The van der Waals surface area contributed by atoms with Crippen molar-refractivity contribution in [1.29, 1.82) is 0 Å². The Morgan fingerprint density at radius 2 is 0.783 bits per heavy atom. The summed E-state index contributed by atoms with van der Waals surface area (Å²) in [4.78, 5) is 19.4. The minimum absolute atomic E-state index is 0.669. The van der Waals surface area contributed by atoms with Gasteiger partial charge in [0.2, 0.25) is 11.9 Å². The van der Waals surface area contributed by atoms with Crippen LogP contribution in [-0.2, 0) is 0 Å². The molecule has 46 heavy (non-hydrogen) atoms. The molecule has 0 saturated heterocycles. The van der Waals surface area contributed by atoms with E-state index in [4.69, 9.17) is 19.9 Å². The zero-order valence-electron chi connectivity index (χ0n) is 24.5. The highest BCUT2D eigenvalue weighted by molar-refractivity contribution is 6.12. The molecule has 10 aromatic rings. The lowest BCUT2D eigenvalue weighted by molar-refractivity contribution is 1.01. The Morgan fingerprint density at radius 1 is 0.370 bits per heavy atom. The standard InChI is InChI=1S/C40H24N6/c1-5-13-33-27(9-1)23-41-39(43-33)45-35-15-7-3-11-29(35)31-21-25(17-19-37(31)45)26-18-20-38-32(22-26)30-12-4-8-16-36(30)46(38)40-42-24-28-10-2-6-14-34(28)44-40/h1-24H. The SMILES string of the molecule is c1ccc2nc(-n3c4ccccc4c4cc(-c5ccc6c(c5)c5ccccc5n6-c5ncc6ccccc6n5)ccc43)ncc2c1. The van der Waals surface area contributed by atoms with Crippen LogP contribution in [0.25, 0.3) is 88.4 Å². The fourth-order valence-electron chi connectivity index (χ4n) is 6.88. The van der Waals surface area contributed by atoms with Gasteiger partial charge in [-0.1, -0.05) is 84.9 Å². The normalized spacial score (nSPS) is 11.9. The molecule has 0 saturated carbocycles. The van der Waals surface area contributed by atoms with E-state index in [0.29, 0.717) is 11.9 Å². The van der Waals surface area contributed by atoms with Crippen LogP contribution in [0.3, 0.4) is 0 Å². The van der Waals surface area contributed by atoms with Gasteiger partial charge in [-0.2, -0.15) is 0 Å². The Balaban J connectivity index is 1.16. The number of hydrogen-bond donors (Lipinski definition) is 0. The fourth-order valence-corrected chi connectivity index (χ4v) is 6.88. The quantitative estimate of drug-likeness (QED) is 0.206. The summed E-state index contributed by atoms with van der Waals surface area (Å²) in [6, 6.07) is 46.6. The van der Waals surface area contributed by atoms with Crippen LogP contribution >= 0.6 is 0 Å². The largest absolute Gasteiger partial charge is 0.278 e. The maximum atomic E-state index is 4.94. The molecule has 4 aromatic heterocycles. The molecule has 4 heterocycles. The molecule has 0 spiro atoms. The van der Waals surface area contributed by atoms with Gasteiger partial charge in [-0.3, -0.25) is 9.13 Å². The van der Waals surface area contributed by atoms with Crippen molar-refractivity contribution in [3.05, 3.63) is 146 Å². The lowest BCUT2D eigenvalue weighted by Crippen LogP contribution is -2.01. The summed E-state index contributed by atoms with van der Waals surface area (Å²) < 4.78 is 4.34. The molecule has 0 fully saturated rings. The lowest BCUT2D eigenvalue weighted by atomic mass is 10.0. The topological polar surface area (TPSA) is 61.4 Å². The first-order valence-corrected chi connectivity index (χ1v) is 15.3. The van der Waals surface area contributed by atoms with Gasteiger partial charge in [-0.15, -0.1) is 0 Å². The van der Waals surface area contributed by atoms with Crippen LogP contribution in [0.4, 0.5) is 0 Å². The maximum absolute atomic E-state index is 4.94. The number of hydrogen-bond acceptors (Lipinski definition) is 4.